The smallest absolute Gasteiger partial charge is 0.452 e. The van der Waals surface area contributed by atoms with Gasteiger partial charge < -0.3 is 28.8 Å². The summed E-state index contributed by atoms with van der Waals surface area (Å²) in [6.45, 7) is -2.02. The predicted octanol–water partition coefficient (Wildman–Crippen LogP) is 2.36. The molecule has 1 heterocycles. The summed E-state index contributed by atoms with van der Waals surface area (Å²) in [6, 6.07) is 0. The second-order valence-electron chi connectivity index (χ2n) is 7.67. The molecule has 0 amide bonds. The zero-order chi connectivity index (χ0) is 21.6. The molecule has 2 saturated carbocycles. The van der Waals surface area contributed by atoms with Gasteiger partial charge in [-0.05, 0) is 25.7 Å². The average Bonchev–Trinajstić information content (AvgIpc) is 3.26. The van der Waals surface area contributed by atoms with Gasteiger partial charge in [0, 0.05) is 0 Å². The van der Waals surface area contributed by atoms with Crippen LogP contribution in [0.25, 0.3) is 0 Å². The van der Waals surface area contributed by atoms with Crippen LogP contribution >= 0.6 is 0 Å². The molecule has 166 valence electrons. The number of carbonyl (C=O) groups is 4. The molecule has 0 aromatic carbocycles. The van der Waals surface area contributed by atoms with Gasteiger partial charge >= 0.3 is 36.1 Å². The van der Waals surface area contributed by atoms with E-state index >= 15 is 0 Å². The number of aliphatic carboxylic acids is 1. The van der Waals surface area contributed by atoms with Gasteiger partial charge in [0.2, 0.25) is 0 Å². The largest absolute Gasteiger partial charge is 0.475 e. The van der Waals surface area contributed by atoms with E-state index in [4.69, 9.17) is 23.7 Å². The fraction of sp³-hybridized carbons (Fsp3) is 0.700. The number of ether oxygens (including phenoxy) is 5. The number of carboxylic acid groups (broad SMARTS) is 1. The summed E-state index contributed by atoms with van der Waals surface area (Å²) in [5.74, 6) is -8.21. The van der Waals surface area contributed by atoms with Crippen molar-refractivity contribution >= 4 is 23.9 Å². The van der Waals surface area contributed by atoms with Crippen LogP contribution in [0.3, 0.4) is 0 Å². The lowest BCUT2D eigenvalue weighted by atomic mass is 9.89. The third-order valence-corrected chi connectivity index (χ3v) is 5.58. The van der Waals surface area contributed by atoms with E-state index < -0.39 is 48.0 Å². The number of carbonyl (C=O) groups excluding carboxylic acids is 3. The summed E-state index contributed by atoms with van der Waals surface area (Å²) in [7, 11) is 0. The van der Waals surface area contributed by atoms with E-state index in [-0.39, 0.29) is 0 Å². The Kier molecular flexibility index (Phi) is 7.17. The van der Waals surface area contributed by atoms with Gasteiger partial charge in [0.25, 0.3) is 0 Å². The number of carboxylic acids is 1. The van der Waals surface area contributed by atoms with Crippen LogP contribution in [0.15, 0.2) is 12.5 Å². The van der Waals surface area contributed by atoms with E-state index in [9.17, 15) is 24.3 Å². The molecule has 2 aliphatic carbocycles. The second-order valence-corrected chi connectivity index (χ2v) is 7.67. The van der Waals surface area contributed by atoms with Crippen molar-refractivity contribution in [1.82, 2.24) is 0 Å². The summed E-state index contributed by atoms with van der Waals surface area (Å²) in [5, 5.41) is 9.31. The normalized spacial score (nSPS) is 21.4. The Morgan fingerprint density at radius 1 is 0.767 bits per heavy atom. The van der Waals surface area contributed by atoms with E-state index in [1.54, 1.807) is 0 Å². The zero-order valence-electron chi connectivity index (χ0n) is 16.6. The van der Waals surface area contributed by atoms with E-state index in [0.717, 1.165) is 51.0 Å². The molecule has 0 unspecified atom stereocenters. The minimum Gasteiger partial charge on any atom is -0.475 e. The van der Waals surface area contributed by atoms with Crippen molar-refractivity contribution < 1.29 is 48.0 Å². The summed E-state index contributed by atoms with van der Waals surface area (Å²) in [5.41, 5.74) is 0. The number of esters is 3. The quantitative estimate of drug-likeness (QED) is 0.367. The first-order valence-corrected chi connectivity index (χ1v) is 10.3. The molecule has 30 heavy (non-hydrogen) atoms. The molecule has 3 aliphatic rings. The molecule has 0 aromatic rings. The van der Waals surface area contributed by atoms with Crippen molar-refractivity contribution in [3.05, 3.63) is 12.5 Å². The van der Waals surface area contributed by atoms with E-state index in [1.807, 2.05) is 0 Å². The van der Waals surface area contributed by atoms with E-state index in [2.05, 4.69) is 0 Å². The third-order valence-electron chi connectivity index (χ3n) is 5.58. The third kappa shape index (κ3) is 5.03. The molecule has 0 radical (unpaired) electrons. The van der Waals surface area contributed by atoms with Gasteiger partial charge in [0.05, 0.1) is 11.8 Å². The predicted molar refractivity (Wildman–Crippen MR) is 96.9 cm³/mol. The van der Waals surface area contributed by atoms with Crippen LogP contribution in [0, 0.1) is 11.8 Å². The van der Waals surface area contributed by atoms with Gasteiger partial charge in [-0.3, -0.25) is 9.59 Å². The molecule has 0 spiro atoms. The maximum atomic E-state index is 12.5. The topological polar surface area (TPSA) is 135 Å². The number of hydrogen-bond acceptors (Lipinski definition) is 9. The molecule has 1 aliphatic heterocycles. The zero-order valence-corrected chi connectivity index (χ0v) is 16.6. The summed E-state index contributed by atoms with van der Waals surface area (Å²) in [6.07, 6.45) is 9.68. The van der Waals surface area contributed by atoms with Crippen LogP contribution in [-0.4, -0.2) is 41.2 Å². The van der Waals surface area contributed by atoms with E-state index in [1.165, 1.54) is 0 Å². The van der Waals surface area contributed by atoms with Crippen LogP contribution in [0.2, 0.25) is 0 Å². The molecular formula is C20H26O10. The fourth-order valence-electron chi connectivity index (χ4n) is 3.86. The molecule has 10 nitrogen and oxygen atoms in total. The van der Waals surface area contributed by atoms with Crippen LogP contribution in [0.4, 0.5) is 0 Å². The molecule has 1 N–H and O–H groups in total. The lowest BCUT2D eigenvalue weighted by Crippen LogP contribution is -2.51. The lowest BCUT2D eigenvalue weighted by Gasteiger charge is -2.27. The summed E-state index contributed by atoms with van der Waals surface area (Å²) < 4.78 is 24.7. The Labute approximate surface area is 173 Å². The SMILES string of the molecule is O=C(OC(OC(=O)C1CCCCC1)OC(=O)C1(C(=O)O)OC=CO1)C1CCCCC1. The van der Waals surface area contributed by atoms with Crippen LogP contribution < -0.4 is 0 Å². The highest BCUT2D eigenvalue weighted by Gasteiger charge is 2.56. The van der Waals surface area contributed by atoms with Gasteiger partial charge in [0.1, 0.15) is 12.5 Å². The molecule has 10 heteroatoms. The highest BCUT2D eigenvalue weighted by Crippen LogP contribution is 2.29. The highest BCUT2D eigenvalue weighted by molar-refractivity contribution is 6.01. The van der Waals surface area contributed by atoms with Crippen molar-refractivity contribution in [3.8, 4) is 0 Å². The van der Waals surface area contributed by atoms with Crippen molar-refractivity contribution in [2.24, 2.45) is 11.8 Å². The Bertz CT molecular complexity index is 648. The standard InChI is InChI=1S/C20H26O10/c21-15(13-7-3-1-4-8-13)28-19(29-16(22)14-9-5-2-6-10-14)30-18(25)20(17(23)24)26-11-12-27-20/h11-14,19H,1-10H2,(H,23,24). The van der Waals surface area contributed by atoms with Gasteiger partial charge in [-0.2, -0.15) is 0 Å². The van der Waals surface area contributed by atoms with Crippen molar-refractivity contribution in [2.45, 2.75) is 76.5 Å². The highest BCUT2D eigenvalue weighted by atomic mass is 16.9. The van der Waals surface area contributed by atoms with Crippen molar-refractivity contribution in [2.75, 3.05) is 0 Å². The van der Waals surface area contributed by atoms with E-state index in [0.29, 0.717) is 25.7 Å². The molecule has 0 bridgehead atoms. The maximum Gasteiger partial charge on any atom is 0.452 e. The maximum absolute atomic E-state index is 12.5. The Morgan fingerprint density at radius 3 is 1.60 bits per heavy atom. The molecule has 0 saturated heterocycles. The monoisotopic (exact) mass is 426 g/mol. The van der Waals surface area contributed by atoms with Gasteiger partial charge in [-0.1, -0.05) is 38.5 Å². The van der Waals surface area contributed by atoms with Gasteiger partial charge in [-0.25, -0.2) is 9.59 Å². The molecule has 0 atom stereocenters. The van der Waals surface area contributed by atoms with Gasteiger partial charge in [-0.15, -0.1) is 0 Å². The first kappa shape index (κ1) is 21.9. The van der Waals surface area contributed by atoms with Crippen LogP contribution in [0.5, 0.6) is 0 Å². The van der Waals surface area contributed by atoms with Crippen LogP contribution in [0.1, 0.15) is 64.2 Å². The molecule has 0 aromatic heterocycles. The van der Waals surface area contributed by atoms with Crippen molar-refractivity contribution in [1.29, 1.82) is 0 Å². The minimum atomic E-state index is -2.78. The molecule has 2 fully saturated rings. The van der Waals surface area contributed by atoms with Crippen LogP contribution in [-0.2, 0) is 42.9 Å². The fourth-order valence-corrected chi connectivity index (χ4v) is 3.86. The Balaban J connectivity index is 1.69. The summed E-state index contributed by atoms with van der Waals surface area (Å²) in [4.78, 5) is 48.9. The first-order valence-electron chi connectivity index (χ1n) is 10.3. The minimum absolute atomic E-state index is 0.401. The number of rotatable bonds is 7. The first-order chi connectivity index (χ1) is 14.4. The van der Waals surface area contributed by atoms with Gasteiger partial charge in [0.15, 0.2) is 0 Å². The second kappa shape index (κ2) is 9.82. The van der Waals surface area contributed by atoms with Crippen molar-refractivity contribution in [3.63, 3.8) is 0 Å². The number of hydrogen-bond donors (Lipinski definition) is 1. The Morgan fingerprint density at radius 2 is 1.20 bits per heavy atom. The molecular weight excluding hydrogens is 400 g/mol. The average molecular weight is 426 g/mol. The summed E-state index contributed by atoms with van der Waals surface area (Å²) >= 11 is 0. The lowest BCUT2D eigenvalue weighted by molar-refractivity contribution is -0.277. The molecule has 3 rings (SSSR count). The Hall–Kier alpha value is -2.78.